The number of amides is 1. The highest BCUT2D eigenvalue weighted by molar-refractivity contribution is 9.10. The van der Waals surface area contributed by atoms with E-state index in [4.69, 9.17) is 4.74 Å². The number of carbonyl (C=O) groups is 2. The summed E-state index contributed by atoms with van der Waals surface area (Å²) in [5, 5.41) is 0. The highest BCUT2D eigenvalue weighted by atomic mass is 79.9. The molecule has 1 heterocycles. The summed E-state index contributed by atoms with van der Waals surface area (Å²) in [6.45, 7) is 2.59. The molecule has 1 fully saturated rings. The number of cyclic esters (lactones) is 1. The van der Waals surface area contributed by atoms with Gasteiger partial charge in [0.2, 0.25) is 0 Å². The first kappa shape index (κ1) is 18.6. The quantitative estimate of drug-likeness (QED) is 0.606. The van der Waals surface area contributed by atoms with E-state index in [9.17, 15) is 9.59 Å². The molecule has 2 atom stereocenters. The number of benzene rings is 2. The van der Waals surface area contributed by atoms with E-state index in [-0.39, 0.29) is 12.1 Å². The molecule has 136 valence electrons. The van der Waals surface area contributed by atoms with Crippen molar-refractivity contribution in [1.29, 1.82) is 0 Å². The normalized spacial score (nSPS) is 21.2. The SMILES string of the molecule is CC(c1ccc(Br)cc1)N1CCC(CCC=O)(c2ccccc2)OC1=O. The summed E-state index contributed by atoms with van der Waals surface area (Å²) < 4.78 is 6.97. The smallest absolute Gasteiger partial charge is 0.411 e. The van der Waals surface area contributed by atoms with Crippen LogP contribution >= 0.6 is 15.9 Å². The maximum Gasteiger partial charge on any atom is 0.411 e. The molecule has 1 amide bonds. The Bertz CT molecular complexity index is 763. The van der Waals surface area contributed by atoms with Gasteiger partial charge < -0.3 is 14.4 Å². The maximum absolute atomic E-state index is 12.8. The van der Waals surface area contributed by atoms with Crippen molar-refractivity contribution in [1.82, 2.24) is 4.90 Å². The second kappa shape index (κ2) is 8.04. The average molecular weight is 416 g/mol. The van der Waals surface area contributed by atoms with Crippen LogP contribution in [-0.4, -0.2) is 23.8 Å². The van der Waals surface area contributed by atoms with Crippen molar-refractivity contribution in [2.24, 2.45) is 0 Å². The number of carbonyl (C=O) groups excluding carboxylic acids is 2. The Kier molecular flexibility index (Phi) is 5.77. The molecular formula is C21H22BrNO3. The van der Waals surface area contributed by atoms with Crippen LogP contribution in [0.4, 0.5) is 4.79 Å². The second-order valence-electron chi connectivity index (χ2n) is 6.60. The van der Waals surface area contributed by atoms with Crippen LogP contribution in [0.5, 0.6) is 0 Å². The Morgan fingerprint density at radius 2 is 1.88 bits per heavy atom. The summed E-state index contributed by atoms with van der Waals surface area (Å²) in [6.07, 6.45) is 2.09. The van der Waals surface area contributed by atoms with E-state index in [1.165, 1.54) is 0 Å². The fourth-order valence-corrected chi connectivity index (χ4v) is 3.76. The van der Waals surface area contributed by atoms with Crippen LogP contribution in [0.2, 0.25) is 0 Å². The monoisotopic (exact) mass is 415 g/mol. The van der Waals surface area contributed by atoms with Crippen LogP contribution in [0.15, 0.2) is 59.1 Å². The molecule has 0 aliphatic carbocycles. The van der Waals surface area contributed by atoms with Gasteiger partial charge in [-0.15, -0.1) is 0 Å². The van der Waals surface area contributed by atoms with Crippen LogP contribution in [0, 0.1) is 0 Å². The summed E-state index contributed by atoms with van der Waals surface area (Å²) in [5.41, 5.74) is 1.28. The average Bonchev–Trinajstić information content (AvgIpc) is 2.67. The van der Waals surface area contributed by atoms with Gasteiger partial charge in [-0.25, -0.2) is 4.79 Å². The highest BCUT2D eigenvalue weighted by Gasteiger charge is 2.43. The molecule has 0 bridgehead atoms. The van der Waals surface area contributed by atoms with Gasteiger partial charge in [0.15, 0.2) is 0 Å². The van der Waals surface area contributed by atoms with Crippen molar-refractivity contribution in [2.45, 2.75) is 37.8 Å². The molecule has 1 aliphatic heterocycles. The molecular weight excluding hydrogens is 394 g/mol. The van der Waals surface area contributed by atoms with Crippen molar-refractivity contribution in [2.75, 3.05) is 6.54 Å². The zero-order chi connectivity index (χ0) is 18.6. The van der Waals surface area contributed by atoms with Crippen LogP contribution in [0.25, 0.3) is 0 Å². The van der Waals surface area contributed by atoms with Gasteiger partial charge in [0.25, 0.3) is 0 Å². The van der Waals surface area contributed by atoms with Crippen molar-refractivity contribution >= 4 is 28.3 Å². The standard InChI is InChI=1S/C21H22BrNO3/c1-16(17-8-10-19(22)11-9-17)23-14-13-21(12-5-15-24,26-20(23)25)18-6-3-2-4-7-18/h2-4,6-11,15-16H,5,12-14H2,1H3. The minimum atomic E-state index is -0.727. The number of halogens is 1. The van der Waals surface area contributed by atoms with E-state index < -0.39 is 5.60 Å². The number of aldehydes is 1. The van der Waals surface area contributed by atoms with Gasteiger partial charge in [0, 0.05) is 23.9 Å². The van der Waals surface area contributed by atoms with E-state index in [2.05, 4.69) is 15.9 Å². The Morgan fingerprint density at radius 3 is 2.50 bits per heavy atom. The second-order valence-corrected chi connectivity index (χ2v) is 7.52. The zero-order valence-corrected chi connectivity index (χ0v) is 16.3. The van der Waals surface area contributed by atoms with E-state index >= 15 is 0 Å². The lowest BCUT2D eigenvalue weighted by Gasteiger charge is -2.43. The molecule has 2 aromatic carbocycles. The Balaban J connectivity index is 1.81. The van der Waals surface area contributed by atoms with E-state index in [1.54, 1.807) is 4.90 Å². The van der Waals surface area contributed by atoms with Crippen LogP contribution in [0.3, 0.4) is 0 Å². The highest BCUT2D eigenvalue weighted by Crippen LogP contribution is 2.40. The molecule has 2 unspecified atom stereocenters. The third kappa shape index (κ3) is 3.83. The number of rotatable bonds is 6. The third-order valence-corrected chi connectivity index (χ3v) is 5.59. The Hall–Kier alpha value is -2.14. The van der Waals surface area contributed by atoms with Crippen molar-refractivity contribution in [3.05, 3.63) is 70.2 Å². The van der Waals surface area contributed by atoms with Crippen molar-refractivity contribution in [3.63, 3.8) is 0 Å². The summed E-state index contributed by atoms with van der Waals surface area (Å²) in [5.74, 6) is 0. The van der Waals surface area contributed by atoms with Gasteiger partial charge in [-0.2, -0.15) is 0 Å². The van der Waals surface area contributed by atoms with Gasteiger partial charge in [-0.1, -0.05) is 58.4 Å². The van der Waals surface area contributed by atoms with Crippen molar-refractivity contribution in [3.8, 4) is 0 Å². The molecule has 3 rings (SSSR count). The summed E-state index contributed by atoms with van der Waals surface area (Å²) in [4.78, 5) is 25.5. The largest absolute Gasteiger partial charge is 0.438 e. The lowest BCUT2D eigenvalue weighted by molar-refractivity contribution is -0.111. The van der Waals surface area contributed by atoms with Crippen molar-refractivity contribution < 1.29 is 14.3 Å². The molecule has 0 aromatic heterocycles. The van der Waals surface area contributed by atoms with E-state index in [0.717, 1.165) is 21.9 Å². The van der Waals surface area contributed by atoms with Crippen LogP contribution < -0.4 is 0 Å². The van der Waals surface area contributed by atoms with Gasteiger partial charge in [-0.05, 0) is 36.6 Å². The van der Waals surface area contributed by atoms with Gasteiger partial charge in [0.05, 0.1) is 6.04 Å². The molecule has 0 saturated carbocycles. The first-order valence-corrected chi connectivity index (χ1v) is 9.59. The van der Waals surface area contributed by atoms with Gasteiger partial charge in [0.1, 0.15) is 11.9 Å². The third-order valence-electron chi connectivity index (χ3n) is 5.06. The lowest BCUT2D eigenvalue weighted by Crippen LogP contribution is -2.48. The zero-order valence-electron chi connectivity index (χ0n) is 14.7. The topological polar surface area (TPSA) is 46.6 Å². The lowest BCUT2D eigenvalue weighted by atomic mass is 9.84. The van der Waals surface area contributed by atoms with Gasteiger partial charge >= 0.3 is 6.09 Å². The fourth-order valence-electron chi connectivity index (χ4n) is 3.50. The molecule has 26 heavy (non-hydrogen) atoms. The Morgan fingerprint density at radius 1 is 1.19 bits per heavy atom. The minimum Gasteiger partial charge on any atom is -0.438 e. The van der Waals surface area contributed by atoms with E-state index in [1.807, 2.05) is 61.5 Å². The first-order chi connectivity index (χ1) is 12.6. The van der Waals surface area contributed by atoms with E-state index in [0.29, 0.717) is 25.8 Å². The number of hydrogen-bond donors (Lipinski definition) is 0. The van der Waals surface area contributed by atoms with Gasteiger partial charge in [-0.3, -0.25) is 0 Å². The minimum absolute atomic E-state index is 0.0737. The van der Waals surface area contributed by atoms with Crippen LogP contribution in [-0.2, 0) is 15.1 Å². The fraction of sp³-hybridized carbons (Fsp3) is 0.333. The molecule has 0 radical (unpaired) electrons. The molecule has 2 aromatic rings. The number of nitrogens with zero attached hydrogens (tertiary/aromatic N) is 1. The summed E-state index contributed by atoms with van der Waals surface area (Å²) in [7, 11) is 0. The molecule has 0 N–H and O–H groups in total. The summed E-state index contributed by atoms with van der Waals surface area (Å²) in [6, 6.07) is 17.6. The predicted octanol–water partition coefficient (Wildman–Crippen LogP) is 5.23. The maximum atomic E-state index is 12.8. The molecule has 5 heteroatoms. The summed E-state index contributed by atoms with van der Waals surface area (Å²) >= 11 is 3.43. The molecule has 1 aliphatic rings. The molecule has 4 nitrogen and oxygen atoms in total. The molecule has 1 saturated heterocycles. The number of ether oxygens (including phenoxy) is 1. The first-order valence-electron chi connectivity index (χ1n) is 8.80. The molecule has 0 spiro atoms. The van der Waals surface area contributed by atoms with Crippen LogP contribution in [0.1, 0.15) is 43.4 Å². The number of hydrogen-bond acceptors (Lipinski definition) is 3. The Labute approximate surface area is 162 Å². The predicted molar refractivity (Wildman–Crippen MR) is 104 cm³/mol.